The Morgan fingerprint density at radius 1 is 1.16 bits per heavy atom. The number of carbonyl (C=O) groups excluding carboxylic acids is 2. The maximum absolute atomic E-state index is 12.8. The summed E-state index contributed by atoms with van der Waals surface area (Å²) in [5.41, 5.74) is 3.38. The largest absolute Gasteiger partial charge is 0.476 e. The van der Waals surface area contributed by atoms with Crippen LogP contribution in [0.1, 0.15) is 37.9 Å². The number of hydrogen-bond donors (Lipinski definition) is 3. The highest BCUT2D eigenvalue weighted by Crippen LogP contribution is 2.41. The van der Waals surface area contributed by atoms with E-state index in [4.69, 9.17) is 21.1 Å². The molecule has 2 amide bonds. The van der Waals surface area contributed by atoms with Crippen molar-refractivity contribution in [1.29, 1.82) is 0 Å². The number of ether oxygens (including phenoxy) is 2. The molecular weight excluding hydrogens is 496 g/mol. The van der Waals surface area contributed by atoms with Crippen molar-refractivity contribution in [2.45, 2.75) is 44.9 Å². The minimum Gasteiger partial charge on any atom is -0.476 e. The Balaban J connectivity index is 1.24. The molecule has 0 spiro atoms. The third kappa shape index (κ3) is 4.07. The van der Waals surface area contributed by atoms with Crippen molar-refractivity contribution in [2.24, 2.45) is 0 Å². The second-order valence-electron chi connectivity index (χ2n) is 9.67. The van der Waals surface area contributed by atoms with E-state index >= 15 is 0 Å². The Morgan fingerprint density at radius 3 is 2.76 bits per heavy atom. The lowest BCUT2D eigenvalue weighted by atomic mass is 10.0. The molecule has 10 nitrogen and oxygen atoms in total. The molecule has 3 N–H and O–H groups in total. The minimum atomic E-state index is -0.927. The van der Waals surface area contributed by atoms with Crippen molar-refractivity contribution < 1.29 is 19.1 Å². The third-order valence-electron chi connectivity index (χ3n) is 6.76. The van der Waals surface area contributed by atoms with Crippen LogP contribution in [0.4, 0.5) is 33.6 Å². The van der Waals surface area contributed by atoms with Gasteiger partial charge in [-0.1, -0.05) is 17.7 Å². The fourth-order valence-corrected chi connectivity index (χ4v) is 5.14. The number of benzene rings is 2. The lowest BCUT2D eigenvalue weighted by Gasteiger charge is -2.38. The normalized spacial score (nSPS) is 20.8. The van der Waals surface area contributed by atoms with Crippen LogP contribution in [0.3, 0.4) is 0 Å². The third-order valence-corrected chi connectivity index (χ3v) is 7.04. The lowest BCUT2D eigenvalue weighted by Crippen LogP contribution is -2.52. The standard InChI is InChI=1S/C26H25ClN6O4/c1-4-33-18-11-15(7-8-19(18)37-26(2,3)23(33)34)29-22-17(27)12-28-24(32-22)30-14-6-5-13-9-20-21(16(13)10-14)31-25(35)36-20/h5-8,10-12,20-21H,4,9H2,1-3H3,(H,31,35)(H2,28,29,30,32)/t20-,21+/m1/s1. The summed E-state index contributed by atoms with van der Waals surface area (Å²) in [5, 5.41) is 9.64. The molecule has 2 atom stereocenters. The van der Waals surface area contributed by atoms with Crippen LogP contribution in [0.5, 0.6) is 5.75 Å². The number of alkyl carbamates (subject to hydrolysis) is 1. The van der Waals surface area contributed by atoms with Gasteiger partial charge in [-0.15, -0.1) is 0 Å². The first-order chi connectivity index (χ1) is 17.7. The molecule has 0 unspecified atom stereocenters. The zero-order valence-corrected chi connectivity index (χ0v) is 21.2. The fraction of sp³-hybridized carbons (Fsp3) is 0.308. The van der Waals surface area contributed by atoms with Crippen molar-refractivity contribution in [1.82, 2.24) is 15.3 Å². The first-order valence-corrected chi connectivity index (χ1v) is 12.4. The topological polar surface area (TPSA) is 118 Å². The summed E-state index contributed by atoms with van der Waals surface area (Å²) in [6.07, 6.45) is 1.64. The van der Waals surface area contributed by atoms with E-state index in [1.807, 2.05) is 43.3 Å². The molecule has 190 valence electrons. The zero-order valence-electron chi connectivity index (χ0n) is 20.5. The zero-order chi connectivity index (χ0) is 25.9. The predicted molar refractivity (Wildman–Crippen MR) is 139 cm³/mol. The quantitative estimate of drug-likeness (QED) is 0.437. The minimum absolute atomic E-state index is 0.101. The van der Waals surface area contributed by atoms with Gasteiger partial charge >= 0.3 is 6.09 Å². The molecule has 2 aliphatic heterocycles. The molecule has 11 heteroatoms. The van der Waals surface area contributed by atoms with Gasteiger partial charge < -0.3 is 30.3 Å². The van der Waals surface area contributed by atoms with Gasteiger partial charge in [0.2, 0.25) is 5.95 Å². The predicted octanol–water partition coefficient (Wildman–Crippen LogP) is 4.85. The highest BCUT2D eigenvalue weighted by atomic mass is 35.5. The van der Waals surface area contributed by atoms with Crippen molar-refractivity contribution in [3.63, 3.8) is 0 Å². The molecule has 2 aromatic carbocycles. The number of rotatable bonds is 5. The number of hydrogen-bond acceptors (Lipinski definition) is 8. The molecule has 3 aliphatic rings. The molecule has 0 bridgehead atoms. The second kappa shape index (κ2) is 8.52. The molecule has 3 heterocycles. The van der Waals surface area contributed by atoms with Gasteiger partial charge in [0.05, 0.1) is 17.9 Å². The van der Waals surface area contributed by atoms with Gasteiger partial charge in [-0.05, 0) is 62.2 Å². The average Bonchev–Trinajstić information content (AvgIpc) is 3.38. The highest BCUT2D eigenvalue weighted by Gasteiger charge is 2.42. The van der Waals surface area contributed by atoms with Crippen molar-refractivity contribution in [3.8, 4) is 5.75 Å². The highest BCUT2D eigenvalue weighted by molar-refractivity contribution is 6.32. The van der Waals surface area contributed by atoms with Crippen LogP contribution in [0.25, 0.3) is 0 Å². The van der Waals surface area contributed by atoms with Gasteiger partial charge in [-0.3, -0.25) is 4.79 Å². The first-order valence-electron chi connectivity index (χ1n) is 12.0. The van der Waals surface area contributed by atoms with E-state index in [1.54, 1.807) is 18.7 Å². The molecule has 1 aliphatic carbocycles. The van der Waals surface area contributed by atoms with Gasteiger partial charge in [-0.2, -0.15) is 4.98 Å². The number of halogens is 1. The van der Waals surface area contributed by atoms with Crippen molar-refractivity contribution in [3.05, 3.63) is 58.7 Å². The van der Waals surface area contributed by atoms with Crippen LogP contribution in [0.2, 0.25) is 5.02 Å². The van der Waals surface area contributed by atoms with Crippen LogP contribution in [0, 0.1) is 0 Å². The van der Waals surface area contributed by atoms with E-state index in [2.05, 4.69) is 25.9 Å². The maximum atomic E-state index is 12.8. The summed E-state index contributed by atoms with van der Waals surface area (Å²) < 4.78 is 11.3. The lowest BCUT2D eigenvalue weighted by molar-refractivity contribution is -0.132. The molecule has 1 saturated heterocycles. The maximum Gasteiger partial charge on any atom is 0.408 e. The summed E-state index contributed by atoms with van der Waals surface area (Å²) in [6, 6.07) is 11.3. The molecule has 0 saturated carbocycles. The summed E-state index contributed by atoms with van der Waals surface area (Å²) in [5.74, 6) is 1.29. The second-order valence-corrected chi connectivity index (χ2v) is 10.1. The number of carbonyl (C=O) groups is 2. The number of nitrogens with zero attached hydrogens (tertiary/aromatic N) is 3. The molecule has 37 heavy (non-hydrogen) atoms. The summed E-state index contributed by atoms with van der Waals surface area (Å²) in [7, 11) is 0. The Bertz CT molecular complexity index is 1440. The Labute approximate surface area is 218 Å². The monoisotopic (exact) mass is 520 g/mol. The van der Waals surface area contributed by atoms with E-state index in [0.29, 0.717) is 46.9 Å². The van der Waals surface area contributed by atoms with E-state index < -0.39 is 5.60 Å². The molecule has 1 aromatic heterocycles. The van der Waals surface area contributed by atoms with Crippen LogP contribution < -0.4 is 25.6 Å². The molecule has 6 rings (SSSR count). The van der Waals surface area contributed by atoms with E-state index in [-0.39, 0.29) is 24.1 Å². The van der Waals surface area contributed by atoms with Crippen molar-refractivity contribution >= 4 is 52.4 Å². The van der Waals surface area contributed by atoms with Crippen LogP contribution >= 0.6 is 11.6 Å². The van der Waals surface area contributed by atoms with Gasteiger partial charge in [0.1, 0.15) is 16.9 Å². The summed E-state index contributed by atoms with van der Waals surface area (Å²) in [6.45, 7) is 5.97. The Kier molecular flexibility index (Phi) is 5.38. The number of amides is 2. The number of aromatic nitrogens is 2. The van der Waals surface area contributed by atoms with Gasteiger partial charge in [0.25, 0.3) is 5.91 Å². The SMILES string of the molecule is CCN1C(=O)C(C)(C)Oc2ccc(Nc3nc(Nc4ccc5c(c4)[C@@H]4NC(=O)O[C@@H]4C5)ncc3Cl)cc21. The van der Waals surface area contributed by atoms with Crippen molar-refractivity contribution in [2.75, 3.05) is 22.1 Å². The van der Waals surface area contributed by atoms with E-state index in [9.17, 15) is 9.59 Å². The fourth-order valence-electron chi connectivity index (χ4n) is 5.00. The molecule has 3 aromatic rings. The molecule has 1 fully saturated rings. The number of anilines is 5. The number of nitrogens with one attached hydrogen (secondary N) is 3. The first kappa shape index (κ1) is 23.4. The Morgan fingerprint density at radius 2 is 1.95 bits per heavy atom. The van der Waals surface area contributed by atoms with Crippen LogP contribution in [-0.4, -0.2) is 40.2 Å². The number of fused-ring (bicyclic) bond motifs is 4. The molecular formula is C26H25ClN6O4. The Hall–Kier alpha value is -4.05. The van der Waals surface area contributed by atoms with Crippen LogP contribution in [0.15, 0.2) is 42.6 Å². The number of likely N-dealkylation sites (N-methyl/N-ethyl adjacent to an activating group) is 1. The van der Waals surface area contributed by atoms with E-state index in [0.717, 1.165) is 16.8 Å². The summed E-state index contributed by atoms with van der Waals surface area (Å²) >= 11 is 6.40. The average molecular weight is 521 g/mol. The van der Waals surface area contributed by atoms with Crippen LogP contribution in [-0.2, 0) is 16.0 Å². The van der Waals surface area contributed by atoms with E-state index in [1.165, 1.54) is 6.20 Å². The summed E-state index contributed by atoms with van der Waals surface area (Å²) in [4.78, 5) is 35.0. The van der Waals surface area contributed by atoms with Gasteiger partial charge in [-0.25, -0.2) is 9.78 Å². The smallest absolute Gasteiger partial charge is 0.408 e. The van der Waals surface area contributed by atoms with Gasteiger partial charge in [0.15, 0.2) is 11.4 Å². The molecule has 0 radical (unpaired) electrons. The van der Waals surface area contributed by atoms with Gasteiger partial charge in [0, 0.05) is 24.3 Å².